The van der Waals surface area contributed by atoms with Crippen molar-refractivity contribution in [3.05, 3.63) is 17.7 Å². The Bertz CT molecular complexity index is 332. The number of aromatic nitrogens is 3. The average Bonchev–Trinajstić information content (AvgIpc) is 2.70. The van der Waals surface area contributed by atoms with Crippen molar-refractivity contribution in [1.82, 2.24) is 20.5 Å². The van der Waals surface area contributed by atoms with E-state index in [1.165, 1.54) is 12.8 Å². The summed E-state index contributed by atoms with van der Waals surface area (Å²) in [4.78, 5) is 4.56. The molecular formula is C12H20N4. The summed E-state index contributed by atoms with van der Waals surface area (Å²) in [6.45, 7) is 5.52. The molecule has 0 amide bonds. The maximum atomic E-state index is 4.56. The molecule has 1 aliphatic heterocycles. The summed E-state index contributed by atoms with van der Waals surface area (Å²) in [6, 6.07) is 0.552. The first kappa shape index (κ1) is 11.5. The summed E-state index contributed by atoms with van der Waals surface area (Å²) in [5.41, 5.74) is 1.07. The van der Waals surface area contributed by atoms with Crippen LogP contribution in [0.4, 0.5) is 0 Å². The molecule has 1 unspecified atom stereocenters. The summed E-state index contributed by atoms with van der Waals surface area (Å²) in [5.74, 6) is 1.51. The van der Waals surface area contributed by atoms with Crippen LogP contribution in [0, 0.1) is 5.92 Å². The van der Waals surface area contributed by atoms with Gasteiger partial charge in [-0.05, 0) is 31.7 Å². The maximum Gasteiger partial charge on any atom is 0.152 e. The van der Waals surface area contributed by atoms with Crippen molar-refractivity contribution < 1.29 is 0 Å². The largest absolute Gasteiger partial charge is 0.314 e. The number of rotatable bonds is 4. The van der Waals surface area contributed by atoms with Crippen LogP contribution in [0.2, 0.25) is 0 Å². The van der Waals surface area contributed by atoms with Gasteiger partial charge in [0.05, 0.1) is 11.9 Å². The number of hydrogen-bond donors (Lipinski definition) is 1. The molecule has 1 aromatic heterocycles. The third-order valence-electron chi connectivity index (χ3n) is 2.86. The van der Waals surface area contributed by atoms with Gasteiger partial charge in [-0.1, -0.05) is 13.8 Å². The van der Waals surface area contributed by atoms with Crippen LogP contribution < -0.4 is 5.32 Å². The maximum absolute atomic E-state index is 4.56. The van der Waals surface area contributed by atoms with Gasteiger partial charge in [0, 0.05) is 12.5 Å². The highest BCUT2D eigenvalue weighted by Crippen LogP contribution is 2.10. The molecular weight excluding hydrogens is 200 g/mol. The minimum Gasteiger partial charge on any atom is -0.314 e. The zero-order valence-electron chi connectivity index (χ0n) is 10.1. The number of hydrogen-bond acceptors (Lipinski definition) is 4. The van der Waals surface area contributed by atoms with Gasteiger partial charge in [0.25, 0.3) is 0 Å². The standard InChI is InChI=1S/C12H20N4/c1-9(2)6-11-8-14-16-12(15-11)7-10-4-3-5-13-10/h8-10,13H,3-7H2,1-2H3. The molecule has 1 aromatic rings. The molecule has 1 saturated heterocycles. The lowest BCUT2D eigenvalue weighted by Gasteiger charge is -2.09. The zero-order valence-corrected chi connectivity index (χ0v) is 10.1. The van der Waals surface area contributed by atoms with Gasteiger partial charge in [0.1, 0.15) is 0 Å². The van der Waals surface area contributed by atoms with Crippen molar-refractivity contribution in [3.63, 3.8) is 0 Å². The van der Waals surface area contributed by atoms with Gasteiger partial charge in [-0.25, -0.2) is 4.98 Å². The topological polar surface area (TPSA) is 50.7 Å². The first-order valence-corrected chi connectivity index (χ1v) is 6.15. The van der Waals surface area contributed by atoms with Gasteiger partial charge < -0.3 is 5.32 Å². The summed E-state index contributed by atoms with van der Waals surface area (Å²) in [7, 11) is 0. The minimum absolute atomic E-state index is 0.552. The third-order valence-corrected chi connectivity index (χ3v) is 2.86. The van der Waals surface area contributed by atoms with Gasteiger partial charge in [-0.15, -0.1) is 5.10 Å². The van der Waals surface area contributed by atoms with E-state index in [-0.39, 0.29) is 0 Å². The second-order valence-corrected chi connectivity index (χ2v) is 4.96. The van der Waals surface area contributed by atoms with E-state index < -0.39 is 0 Å². The molecule has 2 heterocycles. The summed E-state index contributed by atoms with van der Waals surface area (Å²) in [5, 5.41) is 11.6. The van der Waals surface area contributed by atoms with Crippen molar-refractivity contribution in [3.8, 4) is 0 Å². The monoisotopic (exact) mass is 220 g/mol. The molecule has 88 valence electrons. The van der Waals surface area contributed by atoms with Crippen molar-refractivity contribution in [2.24, 2.45) is 5.92 Å². The number of nitrogens with one attached hydrogen (secondary N) is 1. The first-order valence-electron chi connectivity index (χ1n) is 6.15. The predicted octanol–water partition coefficient (Wildman–Crippen LogP) is 1.36. The molecule has 1 atom stereocenters. The van der Waals surface area contributed by atoms with Crippen LogP contribution in [0.1, 0.15) is 38.2 Å². The highest BCUT2D eigenvalue weighted by Gasteiger charge is 2.16. The molecule has 1 N–H and O–H groups in total. The fourth-order valence-electron chi connectivity index (χ4n) is 2.13. The third kappa shape index (κ3) is 3.23. The van der Waals surface area contributed by atoms with E-state index in [2.05, 4.69) is 34.3 Å². The van der Waals surface area contributed by atoms with E-state index in [9.17, 15) is 0 Å². The Morgan fingerprint density at radius 1 is 1.50 bits per heavy atom. The SMILES string of the molecule is CC(C)Cc1cnnc(CC2CCCN2)n1. The highest BCUT2D eigenvalue weighted by atomic mass is 15.1. The highest BCUT2D eigenvalue weighted by molar-refractivity contribution is 4.99. The Hall–Kier alpha value is -1.03. The van der Waals surface area contributed by atoms with Crippen LogP contribution in [0.3, 0.4) is 0 Å². The lowest BCUT2D eigenvalue weighted by atomic mass is 10.1. The molecule has 0 radical (unpaired) electrons. The Kier molecular flexibility index (Phi) is 3.83. The van der Waals surface area contributed by atoms with Gasteiger partial charge in [0.15, 0.2) is 5.82 Å². The Morgan fingerprint density at radius 2 is 2.38 bits per heavy atom. The second kappa shape index (κ2) is 5.34. The summed E-state index contributed by atoms with van der Waals surface area (Å²) in [6.07, 6.45) is 6.19. The molecule has 0 aliphatic carbocycles. The predicted molar refractivity (Wildman–Crippen MR) is 63.1 cm³/mol. The van der Waals surface area contributed by atoms with Crippen LogP contribution in [0.5, 0.6) is 0 Å². The minimum atomic E-state index is 0.552. The fourth-order valence-corrected chi connectivity index (χ4v) is 2.13. The van der Waals surface area contributed by atoms with Crippen molar-refractivity contribution >= 4 is 0 Å². The molecule has 0 spiro atoms. The van der Waals surface area contributed by atoms with Gasteiger partial charge in [-0.3, -0.25) is 0 Å². The number of nitrogens with zero attached hydrogens (tertiary/aromatic N) is 3. The van der Waals surface area contributed by atoms with Crippen LogP contribution in [0.15, 0.2) is 6.20 Å². The van der Waals surface area contributed by atoms with E-state index in [0.29, 0.717) is 12.0 Å². The molecule has 4 nitrogen and oxygen atoms in total. The van der Waals surface area contributed by atoms with E-state index >= 15 is 0 Å². The van der Waals surface area contributed by atoms with E-state index in [4.69, 9.17) is 0 Å². The molecule has 16 heavy (non-hydrogen) atoms. The molecule has 4 heteroatoms. The molecule has 1 aliphatic rings. The summed E-state index contributed by atoms with van der Waals surface area (Å²) < 4.78 is 0. The van der Waals surface area contributed by atoms with Crippen molar-refractivity contribution in [2.45, 2.75) is 45.6 Å². The smallest absolute Gasteiger partial charge is 0.152 e. The Labute approximate surface area is 96.9 Å². The quantitative estimate of drug-likeness (QED) is 0.832. The fraction of sp³-hybridized carbons (Fsp3) is 0.750. The Balaban J connectivity index is 1.97. The van der Waals surface area contributed by atoms with Gasteiger partial charge >= 0.3 is 0 Å². The molecule has 0 aromatic carbocycles. The van der Waals surface area contributed by atoms with Gasteiger partial charge in [0.2, 0.25) is 0 Å². The van der Waals surface area contributed by atoms with Gasteiger partial charge in [-0.2, -0.15) is 5.10 Å². The lowest BCUT2D eigenvalue weighted by Crippen LogP contribution is -2.25. The zero-order chi connectivity index (χ0) is 11.4. The first-order chi connectivity index (χ1) is 7.74. The average molecular weight is 220 g/mol. The van der Waals surface area contributed by atoms with Crippen LogP contribution >= 0.6 is 0 Å². The lowest BCUT2D eigenvalue weighted by molar-refractivity contribution is 0.568. The van der Waals surface area contributed by atoms with E-state index in [0.717, 1.165) is 30.9 Å². The molecule has 0 saturated carbocycles. The van der Waals surface area contributed by atoms with Crippen molar-refractivity contribution in [1.29, 1.82) is 0 Å². The van der Waals surface area contributed by atoms with Crippen LogP contribution in [-0.4, -0.2) is 27.8 Å². The Morgan fingerprint density at radius 3 is 3.06 bits per heavy atom. The van der Waals surface area contributed by atoms with Crippen LogP contribution in [0.25, 0.3) is 0 Å². The van der Waals surface area contributed by atoms with E-state index in [1.54, 1.807) is 6.20 Å². The normalized spacial score (nSPS) is 20.6. The van der Waals surface area contributed by atoms with E-state index in [1.807, 2.05) is 0 Å². The second-order valence-electron chi connectivity index (χ2n) is 4.96. The molecule has 1 fully saturated rings. The van der Waals surface area contributed by atoms with Crippen LogP contribution in [-0.2, 0) is 12.8 Å². The van der Waals surface area contributed by atoms with Crippen molar-refractivity contribution in [2.75, 3.05) is 6.54 Å². The molecule has 0 bridgehead atoms. The summed E-state index contributed by atoms with van der Waals surface area (Å²) >= 11 is 0. The molecule has 2 rings (SSSR count).